The summed E-state index contributed by atoms with van der Waals surface area (Å²) in [6, 6.07) is 0. The van der Waals surface area contributed by atoms with Crippen LogP contribution in [0.3, 0.4) is 0 Å². The Bertz CT molecular complexity index is 154. The molecule has 1 unspecified atom stereocenters. The van der Waals surface area contributed by atoms with E-state index in [9.17, 15) is 0 Å². The summed E-state index contributed by atoms with van der Waals surface area (Å²) in [5, 5.41) is 7.61. The van der Waals surface area contributed by atoms with Crippen LogP contribution in [-0.4, -0.2) is 28.8 Å². The van der Waals surface area contributed by atoms with E-state index in [1.807, 2.05) is 19.0 Å². The predicted octanol–water partition coefficient (Wildman–Crippen LogP) is 1.32. The second-order valence-electron chi connectivity index (χ2n) is 1.89. The Balaban J connectivity index is 2.50. The Hall–Kier alpha value is -0.000000000000000111. The van der Waals surface area contributed by atoms with Crippen molar-refractivity contribution in [3.05, 3.63) is 0 Å². The quantitative estimate of drug-likeness (QED) is 0.543. The third-order valence-electron chi connectivity index (χ3n) is 0.886. The van der Waals surface area contributed by atoms with Crippen LogP contribution in [0.1, 0.15) is 0 Å². The Labute approximate surface area is 63.5 Å². The Morgan fingerprint density at radius 3 is 2.56 bits per heavy atom. The summed E-state index contributed by atoms with van der Waals surface area (Å²) in [4.78, 5) is 1.97. The van der Waals surface area contributed by atoms with Gasteiger partial charge in [-0.3, -0.25) is 4.90 Å². The highest BCUT2D eigenvalue weighted by molar-refractivity contribution is 8.23. The van der Waals surface area contributed by atoms with E-state index < -0.39 is 0 Å². The van der Waals surface area contributed by atoms with Crippen LogP contribution in [-0.2, 0) is 0 Å². The molecular weight excluding hydrogens is 154 g/mol. The lowest BCUT2D eigenvalue weighted by Crippen LogP contribution is -2.20. The highest BCUT2D eigenvalue weighted by Gasteiger charge is 2.18. The van der Waals surface area contributed by atoms with Gasteiger partial charge >= 0.3 is 0 Å². The maximum atomic E-state index is 4.79. The van der Waals surface area contributed by atoms with E-state index in [-0.39, 0.29) is 5.50 Å². The van der Waals surface area contributed by atoms with Gasteiger partial charge in [0.05, 0.1) is 0 Å². The molecule has 0 aromatic carbocycles. The molecule has 0 fully saturated rings. The van der Waals surface area contributed by atoms with Crippen LogP contribution in [0.25, 0.3) is 0 Å². The van der Waals surface area contributed by atoms with Gasteiger partial charge in [0.1, 0.15) is 0 Å². The Morgan fingerprint density at radius 2 is 2.33 bits per heavy atom. The van der Waals surface area contributed by atoms with E-state index in [4.69, 9.17) is 12.2 Å². The summed E-state index contributed by atoms with van der Waals surface area (Å²) >= 11 is 6.29. The molecule has 0 N–H and O–H groups in total. The third kappa shape index (κ3) is 1.70. The summed E-state index contributed by atoms with van der Waals surface area (Å²) in [6.45, 7) is 0. The van der Waals surface area contributed by atoms with Gasteiger partial charge in [0, 0.05) is 0 Å². The lowest BCUT2D eigenvalue weighted by atomic mass is 10.9. The zero-order valence-corrected chi connectivity index (χ0v) is 6.87. The van der Waals surface area contributed by atoms with Gasteiger partial charge in [-0.1, -0.05) is 0 Å². The van der Waals surface area contributed by atoms with Crippen molar-refractivity contribution in [1.29, 1.82) is 0 Å². The first-order valence-corrected chi connectivity index (χ1v) is 3.77. The van der Waals surface area contributed by atoms with E-state index in [1.54, 1.807) is 0 Å². The summed E-state index contributed by atoms with van der Waals surface area (Å²) in [6.07, 6.45) is 0. The normalized spacial score (nSPS) is 26.1. The lowest BCUT2D eigenvalue weighted by molar-refractivity contribution is 0.388. The van der Waals surface area contributed by atoms with Gasteiger partial charge in [-0.25, -0.2) is 0 Å². The van der Waals surface area contributed by atoms with Gasteiger partial charge in [0.25, 0.3) is 0 Å². The van der Waals surface area contributed by atoms with Gasteiger partial charge < -0.3 is 0 Å². The fourth-order valence-electron chi connectivity index (χ4n) is 0.443. The summed E-state index contributed by atoms with van der Waals surface area (Å²) in [7, 11) is 3.90. The number of hydrogen-bond donors (Lipinski definition) is 0. The Morgan fingerprint density at radius 1 is 1.67 bits per heavy atom. The van der Waals surface area contributed by atoms with Crippen molar-refractivity contribution in [2.45, 2.75) is 5.50 Å². The van der Waals surface area contributed by atoms with Crippen molar-refractivity contribution in [2.24, 2.45) is 10.2 Å². The maximum Gasteiger partial charge on any atom is 0.185 e. The molecule has 0 bridgehead atoms. The highest BCUT2D eigenvalue weighted by atomic mass is 32.2. The summed E-state index contributed by atoms with van der Waals surface area (Å²) in [5.41, 5.74) is 0.109. The molecular formula is C4H7N3S2. The molecule has 1 aliphatic heterocycles. The molecule has 1 aliphatic rings. The fourth-order valence-corrected chi connectivity index (χ4v) is 1.33. The van der Waals surface area contributed by atoms with Crippen LogP contribution in [0.4, 0.5) is 0 Å². The van der Waals surface area contributed by atoms with E-state index in [1.165, 1.54) is 11.8 Å². The predicted molar refractivity (Wildman–Crippen MR) is 42.5 cm³/mol. The topological polar surface area (TPSA) is 28.0 Å². The molecule has 1 heterocycles. The number of nitrogens with zero attached hydrogens (tertiary/aromatic N) is 3. The molecule has 0 radical (unpaired) electrons. The van der Waals surface area contributed by atoms with Crippen molar-refractivity contribution in [3.8, 4) is 0 Å². The molecule has 0 amide bonds. The fraction of sp³-hybridized carbons (Fsp3) is 0.750. The summed E-state index contributed by atoms with van der Waals surface area (Å²) < 4.78 is 0.633. The maximum absolute atomic E-state index is 4.79. The molecule has 50 valence electrons. The second kappa shape index (κ2) is 2.72. The largest absolute Gasteiger partial charge is 0.278 e. The molecule has 1 rings (SSSR count). The van der Waals surface area contributed by atoms with Crippen molar-refractivity contribution < 1.29 is 0 Å². The van der Waals surface area contributed by atoms with E-state index >= 15 is 0 Å². The first kappa shape index (κ1) is 7.11. The number of thioether (sulfide) groups is 1. The third-order valence-corrected chi connectivity index (χ3v) is 2.27. The standard InChI is InChI=1S/C4H7N3S2/c1-7(2)3-5-6-4(8)9-3/h3H,1-2H3. The minimum Gasteiger partial charge on any atom is -0.278 e. The molecule has 0 aromatic rings. The van der Waals surface area contributed by atoms with Crippen LogP contribution < -0.4 is 0 Å². The van der Waals surface area contributed by atoms with Crippen molar-refractivity contribution in [2.75, 3.05) is 14.1 Å². The summed E-state index contributed by atoms with van der Waals surface area (Å²) in [5.74, 6) is 0. The highest BCUT2D eigenvalue weighted by Crippen LogP contribution is 2.24. The second-order valence-corrected chi connectivity index (χ2v) is 3.58. The molecule has 5 heteroatoms. The smallest absolute Gasteiger partial charge is 0.185 e. The van der Waals surface area contributed by atoms with Crippen LogP contribution in [0.2, 0.25) is 0 Å². The zero-order chi connectivity index (χ0) is 6.85. The first-order chi connectivity index (χ1) is 4.20. The Kier molecular flexibility index (Phi) is 2.15. The van der Waals surface area contributed by atoms with Crippen LogP contribution in [0.15, 0.2) is 10.2 Å². The van der Waals surface area contributed by atoms with Gasteiger partial charge in [0.15, 0.2) is 9.82 Å². The van der Waals surface area contributed by atoms with Crippen LogP contribution in [0, 0.1) is 0 Å². The zero-order valence-electron chi connectivity index (χ0n) is 5.24. The molecule has 0 spiro atoms. The van der Waals surface area contributed by atoms with Crippen molar-refractivity contribution in [1.82, 2.24) is 4.90 Å². The number of azo groups is 1. The molecule has 0 saturated heterocycles. The van der Waals surface area contributed by atoms with Gasteiger partial charge in [-0.2, -0.15) is 5.11 Å². The average molecular weight is 161 g/mol. The van der Waals surface area contributed by atoms with Crippen LogP contribution in [0.5, 0.6) is 0 Å². The monoisotopic (exact) mass is 161 g/mol. The molecule has 0 saturated carbocycles. The lowest BCUT2D eigenvalue weighted by Gasteiger charge is -2.11. The van der Waals surface area contributed by atoms with E-state index in [2.05, 4.69) is 10.2 Å². The van der Waals surface area contributed by atoms with Crippen molar-refractivity contribution >= 4 is 28.3 Å². The van der Waals surface area contributed by atoms with E-state index in [0.717, 1.165) is 0 Å². The van der Waals surface area contributed by atoms with Crippen molar-refractivity contribution in [3.63, 3.8) is 0 Å². The average Bonchev–Trinajstić information content (AvgIpc) is 2.14. The molecule has 0 aromatic heterocycles. The SMILES string of the molecule is CN(C)C1N=NC(=S)S1. The molecule has 3 nitrogen and oxygen atoms in total. The van der Waals surface area contributed by atoms with Gasteiger partial charge in [0.2, 0.25) is 0 Å². The number of hydrogen-bond acceptors (Lipinski definition) is 4. The van der Waals surface area contributed by atoms with E-state index in [0.29, 0.717) is 4.32 Å². The van der Waals surface area contributed by atoms with Gasteiger partial charge in [-0.05, 0) is 38.1 Å². The molecule has 9 heavy (non-hydrogen) atoms. The molecule has 1 atom stereocenters. The van der Waals surface area contributed by atoms with Crippen LogP contribution >= 0.6 is 24.0 Å². The molecule has 0 aliphatic carbocycles. The number of rotatable bonds is 1. The van der Waals surface area contributed by atoms with Gasteiger partial charge in [-0.15, -0.1) is 5.11 Å². The first-order valence-electron chi connectivity index (χ1n) is 2.48. The minimum absolute atomic E-state index is 0.109. The number of thiocarbonyl (C=S) groups is 1. The minimum atomic E-state index is 0.109.